The van der Waals surface area contributed by atoms with Gasteiger partial charge in [0, 0.05) is 13.6 Å². The van der Waals surface area contributed by atoms with E-state index in [1.165, 1.54) is 23.1 Å². The van der Waals surface area contributed by atoms with E-state index in [2.05, 4.69) is 53.2 Å². The van der Waals surface area contributed by atoms with Crippen LogP contribution in [0, 0.1) is 12.8 Å². The van der Waals surface area contributed by atoms with Crippen LogP contribution in [0.4, 0.5) is 0 Å². The number of carbonyl (C=O) groups is 3. The van der Waals surface area contributed by atoms with Crippen molar-refractivity contribution in [2.45, 2.75) is 70.1 Å². The van der Waals surface area contributed by atoms with Gasteiger partial charge in [0.15, 0.2) is 0 Å². The van der Waals surface area contributed by atoms with Crippen molar-refractivity contribution in [3.63, 3.8) is 0 Å². The zero-order chi connectivity index (χ0) is 29.2. The molecule has 9 heteroatoms. The van der Waals surface area contributed by atoms with Crippen LogP contribution in [-0.2, 0) is 27.2 Å². The van der Waals surface area contributed by atoms with E-state index in [9.17, 15) is 19.5 Å². The summed E-state index contributed by atoms with van der Waals surface area (Å²) in [5, 5.41) is 18.6. The topological polar surface area (TPSA) is 120 Å². The van der Waals surface area contributed by atoms with Crippen LogP contribution in [0.1, 0.15) is 48.8 Å². The molecule has 0 radical (unpaired) electrons. The van der Waals surface area contributed by atoms with Crippen molar-refractivity contribution in [2.24, 2.45) is 5.92 Å². The number of para-hydroxylation sites is 1. The quantitative estimate of drug-likeness (QED) is 0.444. The van der Waals surface area contributed by atoms with Gasteiger partial charge in [0.1, 0.15) is 17.9 Å². The fraction of sp³-hybridized carbons (Fsp3) is 0.531. The first-order chi connectivity index (χ1) is 19.9. The number of benzene rings is 2. The van der Waals surface area contributed by atoms with E-state index in [4.69, 9.17) is 4.74 Å². The van der Waals surface area contributed by atoms with Gasteiger partial charge in [-0.15, -0.1) is 0 Å². The van der Waals surface area contributed by atoms with Crippen molar-refractivity contribution in [1.29, 1.82) is 0 Å². The second kappa shape index (κ2) is 15.0. The van der Waals surface area contributed by atoms with Gasteiger partial charge in [0.25, 0.3) is 0 Å². The first-order valence-electron chi connectivity index (χ1n) is 14.8. The Labute approximate surface area is 243 Å². The molecule has 2 heterocycles. The highest BCUT2D eigenvalue weighted by atomic mass is 16.5. The highest BCUT2D eigenvalue weighted by molar-refractivity contribution is 5.92. The minimum Gasteiger partial charge on any atom is -0.490 e. The van der Waals surface area contributed by atoms with Gasteiger partial charge in [-0.2, -0.15) is 0 Å². The summed E-state index contributed by atoms with van der Waals surface area (Å²) in [6, 6.07) is 15.1. The molecule has 4 N–H and O–H groups in total. The normalized spacial score (nSPS) is 24.3. The molecular weight excluding hydrogens is 520 g/mol. The maximum atomic E-state index is 13.2. The molecule has 3 atom stereocenters. The Morgan fingerprint density at radius 1 is 0.902 bits per heavy atom. The zero-order valence-corrected chi connectivity index (χ0v) is 24.2. The molecule has 2 aromatic rings. The lowest BCUT2D eigenvalue weighted by Gasteiger charge is -2.31. The van der Waals surface area contributed by atoms with Crippen LogP contribution in [0.15, 0.2) is 48.5 Å². The number of hydrogen-bond acceptors (Lipinski definition) is 6. The molecule has 222 valence electrons. The number of carbonyl (C=O) groups excluding carboxylic acids is 3. The van der Waals surface area contributed by atoms with Gasteiger partial charge in [0.2, 0.25) is 17.7 Å². The van der Waals surface area contributed by atoms with Crippen molar-refractivity contribution in [2.75, 3.05) is 33.3 Å². The summed E-state index contributed by atoms with van der Waals surface area (Å²) in [5.74, 6) is 0.145. The molecule has 0 aromatic heterocycles. The van der Waals surface area contributed by atoms with E-state index in [0.29, 0.717) is 13.1 Å². The average Bonchev–Trinajstić information content (AvgIpc) is 3.82. The number of nitrogens with one attached hydrogen (secondary N) is 3. The van der Waals surface area contributed by atoms with Gasteiger partial charge in [-0.1, -0.05) is 54.1 Å². The number of rotatable bonds is 2. The largest absolute Gasteiger partial charge is 0.490 e. The summed E-state index contributed by atoms with van der Waals surface area (Å²) in [6.07, 6.45) is 6.23. The summed E-state index contributed by atoms with van der Waals surface area (Å²) < 4.78 is 6.40. The predicted octanol–water partition coefficient (Wildman–Crippen LogP) is 2.13. The van der Waals surface area contributed by atoms with Gasteiger partial charge in [0.05, 0.1) is 19.2 Å². The van der Waals surface area contributed by atoms with Crippen molar-refractivity contribution in [3.05, 3.63) is 65.2 Å². The number of aryl methyl sites for hydroxylation is 3. The Hall–Kier alpha value is -3.43. The third-order valence-electron chi connectivity index (χ3n) is 7.99. The van der Waals surface area contributed by atoms with Crippen molar-refractivity contribution in [3.8, 4) is 5.75 Å². The van der Waals surface area contributed by atoms with Crippen molar-refractivity contribution < 1.29 is 24.2 Å². The third kappa shape index (κ3) is 8.78. The number of fused-ring (bicyclic) bond motifs is 1. The Morgan fingerprint density at radius 2 is 1.63 bits per heavy atom. The molecule has 1 aliphatic carbocycles. The second-order valence-corrected chi connectivity index (χ2v) is 11.2. The molecule has 9 nitrogen and oxygen atoms in total. The summed E-state index contributed by atoms with van der Waals surface area (Å²) >= 11 is 0. The molecule has 0 saturated heterocycles. The van der Waals surface area contributed by atoms with Crippen molar-refractivity contribution >= 4 is 17.7 Å². The van der Waals surface area contributed by atoms with Crippen LogP contribution >= 0.6 is 0 Å². The lowest BCUT2D eigenvalue weighted by Crippen LogP contribution is -2.56. The van der Waals surface area contributed by atoms with Crippen LogP contribution in [0.5, 0.6) is 5.75 Å². The lowest BCUT2D eigenvalue weighted by molar-refractivity contribution is -0.142. The highest BCUT2D eigenvalue weighted by Crippen LogP contribution is 2.35. The fourth-order valence-corrected chi connectivity index (χ4v) is 5.36. The molecule has 1 fully saturated rings. The Kier molecular flexibility index (Phi) is 11.2. The zero-order valence-electron chi connectivity index (χ0n) is 24.2. The van der Waals surface area contributed by atoms with E-state index in [1.807, 2.05) is 18.2 Å². The van der Waals surface area contributed by atoms with Crippen molar-refractivity contribution in [1.82, 2.24) is 20.9 Å². The molecule has 2 aliphatic heterocycles. The van der Waals surface area contributed by atoms with Gasteiger partial charge >= 0.3 is 0 Å². The molecule has 3 aliphatic rings. The smallest absolute Gasteiger partial charge is 0.245 e. The van der Waals surface area contributed by atoms with Crippen LogP contribution in [0.25, 0.3) is 0 Å². The van der Waals surface area contributed by atoms with Gasteiger partial charge in [-0.25, -0.2) is 0 Å². The van der Waals surface area contributed by atoms with Crippen LogP contribution in [0.3, 0.4) is 0 Å². The summed E-state index contributed by atoms with van der Waals surface area (Å²) in [6.45, 7) is 2.49. The summed E-state index contributed by atoms with van der Waals surface area (Å²) in [5.41, 5.74) is 3.69. The molecule has 0 spiro atoms. The van der Waals surface area contributed by atoms with Gasteiger partial charge < -0.3 is 30.7 Å². The lowest BCUT2D eigenvalue weighted by atomic mass is 9.96. The van der Waals surface area contributed by atoms with E-state index in [0.717, 1.165) is 56.3 Å². The summed E-state index contributed by atoms with van der Waals surface area (Å²) in [4.78, 5) is 39.4. The van der Waals surface area contributed by atoms with E-state index in [-0.39, 0.29) is 30.4 Å². The Balaban J connectivity index is 0.000000483. The molecule has 2 bridgehead atoms. The second-order valence-electron chi connectivity index (χ2n) is 11.2. The standard InChI is InChI=1S/C25H36N4O5.C7H8/c1-29-20(15-30)24(32)28-14-21(31)26-12-3-6-17-4-2-5-18-9-10-19(34-23(17)18)11-13-27-22(25(29)33)16-7-8-16;1-7-5-3-2-4-6-7/h2,4-5,16,19-20,22,27,30H,3,6-15H2,1H3,(H,26,31)(H,28,32);2-6H,1H3. The highest BCUT2D eigenvalue weighted by Gasteiger charge is 2.40. The van der Waals surface area contributed by atoms with Gasteiger partial charge in [-0.05, 0) is 75.5 Å². The minimum atomic E-state index is -1.04. The molecule has 2 aromatic carbocycles. The van der Waals surface area contributed by atoms with Crippen LogP contribution in [0.2, 0.25) is 0 Å². The molecule has 3 amide bonds. The van der Waals surface area contributed by atoms with E-state index >= 15 is 0 Å². The fourth-order valence-electron chi connectivity index (χ4n) is 5.36. The average molecular weight is 565 g/mol. The van der Waals surface area contributed by atoms with Crippen LogP contribution < -0.4 is 20.7 Å². The number of amides is 3. The summed E-state index contributed by atoms with van der Waals surface area (Å²) in [7, 11) is 1.53. The number of ether oxygens (including phenoxy) is 1. The van der Waals surface area contributed by atoms with Gasteiger partial charge in [-0.3, -0.25) is 14.4 Å². The maximum Gasteiger partial charge on any atom is 0.245 e. The SMILES string of the molecule is CN1C(=O)C(C2CC2)NCCC2CCc3cccc(c3O2)CCCNC(=O)CNC(=O)C1CO.Cc1ccccc1. The number of aliphatic hydroxyl groups excluding tert-OH is 1. The Morgan fingerprint density at radius 3 is 2.29 bits per heavy atom. The van der Waals surface area contributed by atoms with E-state index < -0.39 is 24.6 Å². The number of hydrogen-bond donors (Lipinski definition) is 4. The molecule has 41 heavy (non-hydrogen) atoms. The first-order valence-corrected chi connectivity index (χ1v) is 14.8. The maximum absolute atomic E-state index is 13.2. The number of aliphatic hydroxyl groups is 1. The molecule has 5 rings (SSSR count). The molecule has 1 saturated carbocycles. The molecule has 3 unspecified atom stereocenters. The minimum absolute atomic E-state index is 0.0755. The number of likely N-dealkylation sites (N-methyl/N-ethyl adjacent to an activating group) is 1. The molecular formula is C32H44N4O5. The predicted molar refractivity (Wildman–Crippen MR) is 157 cm³/mol. The van der Waals surface area contributed by atoms with E-state index in [1.54, 1.807) is 0 Å². The first kappa shape index (κ1) is 30.5. The van der Waals surface area contributed by atoms with Crippen LogP contribution in [-0.4, -0.2) is 79.2 Å². The third-order valence-corrected chi connectivity index (χ3v) is 7.99. The Bertz CT molecular complexity index is 1170. The monoisotopic (exact) mass is 564 g/mol. The number of nitrogens with zero attached hydrogens (tertiary/aromatic N) is 1.